The van der Waals surface area contributed by atoms with E-state index in [-0.39, 0.29) is 5.91 Å². The van der Waals surface area contributed by atoms with Gasteiger partial charge in [-0.1, -0.05) is 11.6 Å². The van der Waals surface area contributed by atoms with Crippen LogP contribution in [0.15, 0.2) is 12.1 Å². The van der Waals surface area contributed by atoms with E-state index >= 15 is 0 Å². The third-order valence-corrected chi connectivity index (χ3v) is 2.89. The van der Waals surface area contributed by atoms with Gasteiger partial charge in [-0.3, -0.25) is 4.79 Å². The van der Waals surface area contributed by atoms with Crippen LogP contribution in [0.2, 0.25) is 5.02 Å². The van der Waals surface area contributed by atoms with E-state index in [1.165, 1.54) is 0 Å². The molecule has 0 saturated carbocycles. The number of amides is 1. The minimum absolute atomic E-state index is 0.111. The third kappa shape index (κ3) is 1.59. The maximum Gasteiger partial charge on any atom is 0.249 e. The summed E-state index contributed by atoms with van der Waals surface area (Å²) >= 11 is 6.08. The second-order valence-corrected chi connectivity index (χ2v) is 4.61. The number of nitrogens with one attached hydrogen (secondary N) is 2. The highest BCUT2D eigenvalue weighted by atomic mass is 35.5. The van der Waals surface area contributed by atoms with E-state index in [0.717, 1.165) is 0 Å². The molecule has 86 valence electrons. The monoisotopic (exact) mass is 240 g/mol. The maximum atomic E-state index is 11.8. The Bertz CT molecular complexity index is 458. The average molecular weight is 241 g/mol. The third-order valence-electron chi connectivity index (χ3n) is 2.58. The molecule has 2 N–H and O–H groups in total. The van der Waals surface area contributed by atoms with Crippen molar-refractivity contribution in [1.29, 1.82) is 0 Å². The predicted molar refractivity (Wildman–Crippen MR) is 64.3 cm³/mol. The summed E-state index contributed by atoms with van der Waals surface area (Å²) in [4.78, 5) is 11.8. The van der Waals surface area contributed by atoms with E-state index in [2.05, 4.69) is 10.6 Å². The molecule has 0 fully saturated rings. The largest absolute Gasteiger partial charge is 0.494 e. The van der Waals surface area contributed by atoms with Gasteiger partial charge >= 0.3 is 0 Å². The summed E-state index contributed by atoms with van der Waals surface area (Å²) in [7, 11) is 1.55. The fourth-order valence-corrected chi connectivity index (χ4v) is 1.82. The molecular weight excluding hydrogens is 228 g/mol. The molecule has 2 rings (SSSR count). The Balaban J connectivity index is 2.57. The molecule has 0 unspecified atom stereocenters. The molecule has 0 aromatic heterocycles. The zero-order chi connectivity index (χ0) is 11.9. The number of carbonyl (C=O) groups excluding carboxylic acids is 1. The molecule has 5 heteroatoms. The van der Waals surface area contributed by atoms with Crippen LogP contribution in [-0.4, -0.2) is 18.6 Å². The van der Waals surface area contributed by atoms with Crippen molar-refractivity contribution in [1.82, 2.24) is 0 Å². The van der Waals surface area contributed by atoms with Crippen LogP contribution >= 0.6 is 11.6 Å². The molecule has 16 heavy (non-hydrogen) atoms. The second kappa shape index (κ2) is 3.56. The summed E-state index contributed by atoms with van der Waals surface area (Å²) in [5.74, 6) is 0.483. The maximum absolute atomic E-state index is 11.8. The number of anilines is 2. The lowest BCUT2D eigenvalue weighted by Crippen LogP contribution is -2.47. The first-order valence-electron chi connectivity index (χ1n) is 4.92. The van der Waals surface area contributed by atoms with Gasteiger partial charge in [-0.15, -0.1) is 0 Å². The fraction of sp³-hybridized carbons (Fsp3) is 0.364. The Hall–Kier alpha value is -1.42. The molecule has 0 bridgehead atoms. The number of benzene rings is 1. The van der Waals surface area contributed by atoms with Gasteiger partial charge in [0.1, 0.15) is 17.0 Å². The van der Waals surface area contributed by atoms with Crippen molar-refractivity contribution in [2.24, 2.45) is 0 Å². The summed E-state index contributed by atoms with van der Waals surface area (Å²) in [5.41, 5.74) is 0.619. The Labute approximate surface area is 98.9 Å². The van der Waals surface area contributed by atoms with Gasteiger partial charge in [0.05, 0.1) is 17.8 Å². The highest BCUT2D eigenvalue weighted by molar-refractivity contribution is 6.34. The Morgan fingerprint density at radius 2 is 2.00 bits per heavy atom. The van der Waals surface area contributed by atoms with Crippen LogP contribution < -0.4 is 15.4 Å². The highest BCUT2D eigenvalue weighted by Gasteiger charge is 2.35. The first-order chi connectivity index (χ1) is 7.45. The summed E-state index contributed by atoms with van der Waals surface area (Å²) in [6.07, 6.45) is 0. The van der Waals surface area contributed by atoms with Crippen LogP contribution in [0.3, 0.4) is 0 Å². The minimum Gasteiger partial charge on any atom is -0.494 e. The molecule has 1 heterocycles. The van der Waals surface area contributed by atoms with E-state index in [1.54, 1.807) is 33.1 Å². The van der Waals surface area contributed by atoms with E-state index in [4.69, 9.17) is 16.3 Å². The zero-order valence-electron chi connectivity index (χ0n) is 9.35. The van der Waals surface area contributed by atoms with Crippen LogP contribution in [0.1, 0.15) is 13.8 Å². The van der Waals surface area contributed by atoms with Gasteiger partial charge in [-0.05, 0) is 26.0 Å². The summed E-state index contributed by atoms with van der Waals surface area (Å²) in [5, 5.41) is 6.46. The minimum atomic E-state index is -0.678. The predicted octanol–water partition coefficient (Wildman–Crippen LogP) is 2.49. The summed E-state index contributed by atoms with van der Waals surface area (Å²) in [6, 6.07) is 3.46. The van der Waals surface area contributed by atoms with Gasteiger partial charge in [-0.25, -0.2) is 0 Å². The van der Waals surface area contributed by atoms with Gasteiger partial charge in [0.25, 0.3) is 0 Å². The SMILES string of the molecule is COc1ccc(Cl)c2c1NC(=O)C(C)(C)N2. The average Bonchev–Trinajstić information content (AvgIpc) is 2.22. The lowest BCUT2D eigenvalue weighted by Gasteiger charge is -2.33. The number of hydrogen-bond donors (Lipinski definition) is 2. The van der Waals surface area contributed by atoms with E-state index < -0.39 is 5.54 Å². The normalized spacial score (nSPS) is 17.1. The molecule has 0 aliphatic carbocycles. The number of carbonyl (C=O) groups is 1. The van der Waals surface area contributed by atoms with E-state index in [0.29, 0.717) is 22.1 Å². The van der Waals surface area contributed by atoms with Crippen LogP contribution in [0.4, 0.5) is 11.4 Å². The van der Waals surface area contributed by atoms with Gasteiger partial charge in [0.2, 0.25) is 5.91 Å². The lowest BCUT2D eigenvalue weighted by molar-refractivity contribution is -0.119. The van der Waals surface area contributed by atoms with Gasteiger partial charge in [0, 0.05) is 0 Å². The van der Waals surface area contributed by atoms with Gasteiger partial charge in [0.15, 0.2) is 0 Å². The number of rotatable bonds is 1. The molecule has 1 aromatic carbocycles. The van der Waals surface area contributed by atoms with Crippen LogP contribution in [0, 0.1) is 0 Å². The van der Waals surface area contributed by atoms with Gasteiger partial charge < -0.3 is 15.4 Å². The van der Waals surface area contributed by atoms with E-state index in [9.17, 15) is 4.79 Å². The number of methoxy groups -OCH3 is 1. The fourth-order valence-electron chi connectivity index (χ4n) is 1.61. The van der Waals surface area contributed by atoms with Gasteiger partial charge in [-0.2, -0.15) is 0 Å². The van der Waals surface area contributed by atoms with E-state index in [1.807, 2.05) is 0 Å². The molecular formula is C11H13ClN2O2. The standard InChI is InChI=1S/C11H13ClN2O2/c1-11(2)10(15)13-9-7(16-3)5-4-6(12)8(9)14-11/h4-5,14H,1-3H3,(H,13,15). The van der Waals surface area contributed by atoms with Crippen LogP contribution in [0.5, 0.6) is 5.75 Å². The topological polar surface area (TPSA) is 50.4 Å². The Morgan fingerprint density at radius 1 is 1.31 bits per heavy atom. The molecule has 1 aromatic rings. The molecule has 1 amide bonds. The first kappa shape index (κ1) is 11.1. The van der Waals surface area contributed by atoms with Crippen molar-refractivity contribution in [3.8, 4) is 5.75 Å². The molecule has 4 nitrogen and oxygen atoms in total. The number of halogens is 1. The number of ether oxygens (including phenoxy) is 1. The molecule has 0 spiro atoms. The Morgan fingerprint density at radius 3 is 2.62 bits per heavy atom. The van der Waals surface area contributed by atoms with Crippen LogP contribution in [-0.2, 0) is 4.79 Å². The first-order valence-corrected chi connectivity index (χ1v) is 5.29. The molecule has 0 radical (unpaired) electrons. The number of fused-ring (bicyclic) bond motifs is 1. The summed E-state index contributed by atoms with van der Waals surface area (Å²) in [6.45, 7) is 3.59. The molecule has 0 atom stereocenters. The van der Waals surface area contributed by atoms with Crippen molar-refractivity contribution in [2.45, 2.75) is 19.4 Å². The Kier molecular flexibility index (Phi) is 2.46. The van der Waals surface area contributed by atoms with Crippen molar-refractivity contribution < 1.29 is 9.53 Å². The zero-order valence-corrected chi connectivity index (χ0v) is 10.1. The van der Waals surface area contributed by atoms with Crippen molar-refractivity contribution in [2.75, 3.05) is 17.7 Å². The molecule has 1 aliphatic rings. The molecule has 0 saturated heterocycles. The number of hydrogen-bond acceptors (Lipinski definition) is 3. The smallest absolute Gasteiger partial charge is 0.249 e. The highest BCUT2D eigenvalue weighted by Crippen LogP contribution is 2.42. The van der Waals surface area contributed by atoms with Crippen molar-refractivity contribution >= 4 is 28.9 Å². The lowest BCUT2D eigenvalue weighted by atomic mass is 10.00. The van der Waals surface area contributed by atoms with Crippen LogP contribution in [0.25, 0.3) is 0 Å². The van der Waals surface area contributed by atoms with Crippen molar-refractivity contribution in [3.63, 3.8) is 0 Å². The molecule has 1 aliphatic heterocycles. The summed E-state index contributed by atoms with van der Waals surface area (Å²) < 4.78 is 5.17. The van der Waals surface area contributed by atoms with Crippen molar-refractivity contribution in [3.05, 3.63) is 17.2 Å². The second-order valence-electron chi connectivity index (χ2n) is 4.20. The quantitative estimate of drug-likeness (QED) is 0.793.